The van der Waals surface area contributed by atoms with Crippen molar-refractivity contribution in [2.24, 2.45) is 5.92 Å². The molecule has 15 heavy (non-hydrogen) atoms. The van der Waals surface area contributed by atoms with E-state index < -0.39 is 0 Å². The summed E-state index contributed by atoms with van der Waals surface area (Å²) in [5, 5.41) is 15.0. The van der Waals surface area contributed by atoms with Gasteiger partial charge in [-0.2, -0.15) is 5.10 Å². The van der Waals surface area contributed by atoms with Crippen LogP contribution in [0.5, 0.6) is 0 Å². The minimum Gasteiger partial charge on any atom is -0.396 e. The van der Waals surface area contributed by atoms with Crippen molar-refractivity contribution < 1.29 is 9.90 Å². The van der Waals surface area contributed by atoms with Crippen LogP contribution in [0.4, 0.5) is 0 Å². The van der Waals surface area contributed by atoms with Gasteiger partial charge in [0.2, 0.25) is 5.82 Å². The number of aromatic amines is 1. The number of nitrogens with zero attached hydrogens (tertiary/aromatic N) is 3. The van der Waals surface area contributed by atoms with Gasteiger partial charge in [0.1, 0.15) is 6.33 Å². The first kappa shape index (κ1) is 10.1. The fraction of sp³-hybridized carbons (Fsp3) is 0.667. The lowest BCUT2D eigenvalue weighted by atomic mass is 10.1. The highest BCUT2D eigenvalue weighted by molar-refractivity contribution is 5.90. The standard InChI is InChI=1S/C9H14N4O2/c14-4-2-7-1-3-13(5-7)9(15)8-10-6-11-12-8/h6-7,14H,1-5H2,(H,10,11,12). The molecule has 2 rings (SSSR count). The van der Waals surface area contributed by atoms with Crippen LogP contribution in [0.2, 0.25) is 0 Å². The number of H-pyrrole nitrogens is 1. The number of likely N-dealkylation sites (tertiary alicyclic amines) is 1. The van der Waals surface area contributed by atoms with Crippen LogP contribution in [0, 0.1) is 5.92 Å². The third-order valence-electron chi connectivity index (χ3n) is 2.73. The van der Waals surface area contributed by atoms with Gasteiger partial charge in [-0.05, 0) is 18.8 Å². The molecular weight excluding hydrogens is 196 g/mol. The molecule has 1 atom stereocenters. The normalized spacial score (nSPS) is 20.9. The minimum absolute atomic E-state index is 0.104. The van der Waals surface area contributed by atoms with Gasteiger partial charge in [-0.15, -0.1) is 0 Å². The van der Waals surface area contributed by atoms with E-state index in [9.17, 15) is 4.79 Å². The van der Waals surface area contributed by atoms with Crippen LogP contribution in [0.15, 0.2) is 6.33 Å². The summed E-state index contributed by atoms with van der Waals surface area (Å²) in [6.45, 7) is 1.64. The summed E-state index contributed by atoms with van der Waals surface area (Å²) < 4.78 is 0. The molecule has 0 spiro atoms. The van der Waals surface area contributed by atoms with Gasteiger partial charge in [0, 0.05) is 19.7 Å². The molecule has 0 bridgehead atoms. The number of carbonyl (C=O) groups is 1. The number of aliphatic hydroxyl groups is 1. The molecule has 0 aromatic carbocycles. The summed E-state index contributed by atoms with van der Waals surface area (Å²) >= 11 is 0. The van der Waals surface area contributed by atoms with Gasteiger partial charge in [-0.25, -0.2) is 4.98 Å². The Bertz CT molecular complexity index is 325. The van der Waals surface area contributed by atoms with Gasteiger partial charge in [-0.1, -0.05) is 0 Å². The van der Waals surface area contributed by atoms with Crippen LogP contribution in [-0.2, 0) is 0 Å². The topological polar surface area (TPSA) is 82.1 Å². The minimum atomic E-state index is -0.104. The number of aromatic nitrogens is 3. The highest BCUT2D eigenvalue weighted by atomic mass is 16.3. The maximum atomic E-state index is 11.8. The monoisotopic (exact) mass is 210 g/mol. The summed E-state index contributed by atoms with van der Waals surface area (Å²) in [5.74, 6) is 0.606. The van der Waals surface area contributed by atoms with Gasteiger partial charge in [0.05, 0.1) is 0 Å². The quantitative estimate of drug-likeness (QED) is 0.714. The van der Waals surface area contributed by atoms with E-state index >= 15 is 0 Å². The van der Waals surface area contributed by atoms with Crippen molar-refractivity contribution in [3.8, 4) is 0 Å². The van der Waals surface area contributed by atoms with Crippen molar-refractivity contribution in [3.05, 3.63) is 12.2 Å². The second kappa shape index (κ2) is 4.39. The van der Waals surface area contributed by atoms with E-state index in [4.69, 9.17) is 5.11 Å². The Morgan fingerprint density at radius 2 is 2.60 bits per heavy atom. The largest absolute Gasteiger partial charge is 0.396 e. The molecule has 0 radical (unpaired) electrons. The Morgan fingerprint density at radius 1 is 1.73 bits per heavy atom. The van der Waals surface area contributed by atoms with Crippen molar-refractivity contribution in [2.75, 3.05) is 19.7 Å². The smallest absolute Gasteiger partial charge is 0.291 e. The Morgan fingerprint density at radius 3 is 3.27 bits per heavy atom. The maximum Gasteiger partial charge on any atom is 0.291 e. The van der Waals surface area contributed by atoms with E-state index in [1.807, 2.05) is 0 Å². The molecule has 1 unspecified atom stereocenters. The summed E-state index contributed by atoms with van der Waals surface area (Å²) in [6.07, 6.45) is 3.05. The molecule has 1 amide bonds. The van der Waals surface area contributed by atoms with E-state index in [1.54, 1.807) is 4.90 Å². The Kier molecular flexibility index (Phi) is 2.96. The average Bonchev–Trinajstić information content (AvgIpc) is 2.87. The molecule has 1 aliphatic heterocycles. The lowest BCUT2D eigenvalue weighted by Crippen LogP contribution is -2.29. The van der Waals surface area contributed by atoms with Gasteiger partial charge >= 0.3 is 0 Å². The number of carbonyl (C=O) groups excluding carboxylic acids is 1. The van der Waals surface area contributed by atoms with Gasteiger partial charge in [-0.3, -0.25) is 9.89 Å². The predicted octanol–water partition coefficient (Wildman–Crippen LogP) is -0.351. The van der Waals surface area contributed by atoms with E-state index in [1.165, 1.54) is 6.33 Å². The Labute approximate surface area is 87.3 Å². The number of aliphatic hydroxyl groups excluding tert-OH is 1. The Hall–Kier alpha value is -1.43. The van der Waals surface area contributed by atoms with Crippen LogP contribution in [0.3, 0.4) is 0 Å². The van der Waals surface area contributed by atoms with Crippen molar-refractivity contribution in [3.63, 3.8) is 0 Å². The summed E-state index contributed by atoms with van der Waals surface area (Å²) in [6, 6.07) is 0. The molecule has 2 N–H and O–H groups in total. The van der Waals surface area contributed by atoms with Crippen molar-refractivity contribution in [1.29, 1.82) is 0 Å². The van der Waals surface area contributed by atoms with Crippen LogP contribution < -0.4 is 0 Å². The fourth-order valence-corrected chi connectivity index (χ4v) is 1.89. The van der Waals surface area contributed by atoms with Crippen LogP contribution >= 0.6 is 0 Å². The third-order valence-corrected chi connectivity index (χ3v) is 2.73. The van der Waals surface area contributed by atoms with E-state index in [2.05, 4.69) is 15.2 Å². The first-order valence-electron chi connectivity index (χ1n) is 5.06. The second-order valence-corrected chi connectivity index (χ2v) is 3.75. The molecule has 1 saturated heterocycles. The van der Waals surface area contributed by atoms with Crippen LogP contribution in [-0.4, -0.2) is 50.8 Å². The number of hydrogen-bond donors (Lipinski definition) is 2. The molecule has 6 heteroatoms. The first-order valence-corrected chi connectivity index (χ1v) is 5.06. The van der Waals surface area contributed by atoms with Crippen molar-refractivity contribution >= 4 is 5.91 Å². The van der Waals surface area contributed by atoms with E-state index in [0.717, 1.165) is 19.4 Å². The van der Waals surface area contributed by atoms with Gasteiger partial charge in [0.25, 0.3) is 5.91 Å². The lowest BCUT2D eigenvalue weighted by molar-refractivity contribution is 0.0773. The average molecular weight is 210 g/mol. The molecule has 82 valence electrons. The molecule has 0 aliphatic carbocycles. The molecular formula is C9H14N4O2. The third kappa shape index (κ3) is 2.15. The first-order chi connectivity index (χ1) is 7.31. The zero-order chi connectivity index (χ0) is 10.7. The van der Waals surface area contributed by atoms with Crippen molar-refractivity contribution in [1.82, 2.24) is 20.1 Å². The molecule has 2 heterocycles. The molecule has 0 saturated carbocycles. The van der Waals surface area contributed by atoms with E-state index in [-0.39, 0.29) is 12.5 Å². The molecule has 1 fully saturated rings. The molecule has 1 aromatic rings. The fourth-order valence-electron chi connectivity index (χ4n) is 1.89. The summed E-state index contributed by atoms with van der Waals surface area (Å²) in [7, 11) is 0. The van der Waals surface area contributed by atoms with Crippen LogP contribution in [0.25, 0.3) is 0 Å². The highest BCUT2D eigenvalue weighted by Crippen LogP contribution is 2.20. The number of nitrogens with one attached hydrogen (secondary N) is 1. The molecule has 1 aliphatic rings. The highest BCUT2D eigenvalue weighted by Gasteiger charge is 2.27. The zero-order valence-electron chi connectivity index (χ0n) is 8.39. The lowest BCUT2D eigenvalue weighted by Gasteiger charge is -2.14. The number of hydrogen-bond acceptors (Lipinski definition) is 4. The van der Waals surface area contributed by atoms with Crippen molar-refractivity contribution in [2.45, 2.75) is 12.8 Å². The zero-order valence-corrected chi connectivity index (χ0v) is 8.39. The summed E-state index contributed by atoms with van der Waals surface area (Å²) in [5.41, 5.74) is 0. The summed E-state index contributed by atoms with van der Waals surface area (Å²) in [4.78, 5) is 17.4. The predicted molar refractivity (Wildman–Crippen MR) is 52.1 cm³/mol. The molecule has 1 aromatic heterocycles. The van der Waals surface area contributed by atoms with Gasteiger partial charge < -0.3 is 10.0 Å². The SMILES string of the molecule is O=C(c1ncn[nH]1)N1CCC(CCO)C1. The van der Waals surface area contributed by atoms with Crippen LogP contribution in [0.1, 0.15) is 23.5 Å². The number of amides is 1. The maximum absolute atomic E-state index is 11.8. The second-order valence-electron chi connectivity index (χ2n) is 3.75. The molecule has 6 nitrogen and oxygen atoms in total. The van der Waals surface area contributed by atoms with Gasteiger partial charge in [0.15, 0.2) is 0 Å². The Balaban J connectivity index is 1.93. The number of rotatable bonds is 3. The van der Waals surface area contributed by atoms with E-state index in [0.29, 0.717) is 18.3 Å².